The molecule has 1 heterocycles. The third kappa shape index (κ3) is 7.32. The lowest BCUT2D eigenvalue weighted by atomic mass is 9.92. The van der Waals surface area contributed by atoms with Crippen molar-refractivity contribution >= 4 is 45.3 Å². The molecule has 4 nitrogen and oxygen atoms in total. The highest BCUT2D eigenvalue weighted by molar-refractivity contribution is 14.1. The number of alkyl halides is 1. The zero-order valence-corrected chi connectivity index (χ0v) is 32.1. The van der Waals surface area contributed by atoms with Crippen LogP contribution in [0, 0.1) is 0 Å². The number of nitrogens with one attached hydrogen (secondary N) is 1. The molecule has 0 aliphatic heterocycles. The molecule has 0 amide bonds. The lowest BCUT2D eigenvalue weighted by Gasteiger charge is -2.16. The van der Waals surface area contributed by atoms with Crippen molar-refractivity contribution in [1.29, 1.82) is 0 Å². The predicted octanol–water partition coefficient (Wildman–Crippen LogP) is 13.1. The quantitative estimate of drug-likeness (QED) is 0.0803. The number of carbonyl (C=O) groups excluding carboxylic acids is 1. The van der Waals surface area contributed by atoms with E-state index in [0.717, 1.165) is 57.4 Å². The van der Waals surface area contributed by atoms with Gasteiger partial charge in [-0.3, -0.25) is 0 Å². The molecule has 0 fully saturated rings. The highest BCUT2D eigenvalue weighted by Crippen LogP contribution is 2.39. The molecule has 0 saturated carbocycles. The van der Waals surface area contributed by atoms with Crippen LogP contribution in [0.3, 0.4) is 0 Å². The van der Waals surface area contributed by atoms with Crippen LogP contribution in [0.15, 0.2) is 170 Å². The van der Waals surface area contributed by atoms with Crippen molar-refractivity contribution < 1.29 is 4.79 Å². The molecular formula is C49H38IN3O. The van der Waals surface area contributed by atoms with Gasteiger partial charge in [-0.1, -0.05) is 174 Å². The number of anilines is 1. The summed E-state index contributed by atoms with van der Waals surface area (Å²) >= 11 is 2.45. The van der Waals surface area contributed by atoms with Gasteiger partial charge in [-0.15, -0.1) is 0 Å². The van der Waals surface area contributed by atoms with Crippen molar-refractivity contribution in [1.82, 2.24) is 9.97 Å². The average Bonchev–Trinajstić information content (AvgIpc) is 3.25. The minimum Gasteiger partial charge on any atom is -0.388 e. The molecule has 54 heavy (non-hydrogen) atoms. The normalized spacial score (nSPS) is 11.7. The Morgan fingerprint density at radius 2 is 1.06 bits per heavy atom. The molecule has 8 aromatic rings. The second kappa shape index (κ2) is 16.0. The van der Waals surface area contributed by atoms with Crippen molar-refractivity contribution in [3.8, 4) is 67.3 Å². The number of fused-ring (bicyclic) bond motifs is 1. The summed E-state index contributed by atoms with van der Waals surface area (Å²) in [5.74, 6) is 0.709. The fourth-order valence-electron chi connectivity index (χ4n) is 7.13. The number of aromatic nitrogens is 2. The number of aldehydes is 1. The van der Waals surface area contributed by atoms with E-state index < -0.39 is 0 Å². The predicted molar refractivity (Wildman–Crippen MR) is 234 cm³/mol. The molecule has 0 saturated heterocycles. The van der Waals surface area contributed by atoms with Crippen LogP contribution < -0.4 is 5.32 Å². The SMILES string of the molecule is CNc1ccc(-c2ccc(-c3ccc(-c4ccc(-c5cc(-c6ccccc6)nc(-c6ccccc6)n5)c5ccccc45)cc3)cc2)cc1C(I)CCC=O. The first-order valence-electron chi connectivity index (χ1n) is 18.2. The second-order valence-electron chi connectivity index (χ2n) is 13.3. The van der Waals surface area contributed by atoms with E-state index in [4.69, 9.17) is 9.97 Å². The van der Waals surface area contributed by atoms with Crippen LogP contribution in [-0.4, -0.2) is 23.3 Å². The zero-order valence-electron chi connectivity index (χ0n) is 29.9. The summed E-state index contributed by atoms with van der Waals surface area (Å²) in [5, 5.41) is 5.64. The van der Waals surface area contributed by atoms with Crippen molar-refractivity contribution in [2.24, 2.45) is 0 Å². The van der Waals surface area contributed by atoms with E-state index in [9.17, 15) is 4.79 Å². The van der Waals surface area contributed by atoms with E-state index in [2.05, 4.69) is 161 Å². The van der Waals surface area contributed by atoms with E-state index in [1.165, 1.54) is 38.8 Å². The van der Waals surface area contributed by atoms with Crippen molar-refractivity contribution in [3.63, 3.8) is 0 Å². The van der Waals surface area contributed by atoms with Crippen LogP contribution in [0.2, 0.25) is 0 Å². The van der Waals surface area contributed by atoms with E-state index >= 15 is 0 Å². The van der Waals surface area contributed by atoms with Gasteiger partial charge >= 0.3 is 0 Å². The van der Waals surface area contributed by atoms with Gasteiger partial charge in [0.1, 0.15) is 6.29 Å². The minimum absolute atomic E-state index is 0.258. The van der Waals surface area contributed by atoms with Gasteiger partial charge in [0.2, 0.25) is 0 Å². The molecule has 0 spiro atoms. The summed E-state index contributed by atoms with van der Waals surface area (Å²) in [6, 6.07) is 59.8. The van der Waals surface area contributed by atoms with Crippen LogP contribution in [0.4, 0.5) is 5.69 Å². The van der Waals surface area contributed by atoms with Gasteiger partial charge in [-0.05, 0) is 74.3 Å². The van der Waals surface area contributed by atoms with Gasteiger partial charge in [0.15, 0.2) is 5.82 Å². The van der Waals surface area contributed by atoms with Crippen molar-refractivity contribution in [3.05, 3.63) is 175 Å². The van der Waals surface area contributed by atoms with E-state index in [1.54, 1.807) is 0 Å². The Hall–Kier alpha value is -5.92. The van der Waals surface area contributed by atoms with Crippen LogP contribution >= 0.6 is 22.6 Å². The average molecular weight is 812 g/mol. The molecule has 8 rings (SSSR count). The van der Waals surface area contributed by atoms with Gasteiger partial charge in [0.25, 0.3) is 0 Å². The summed E-state index contributed by atoms with van der Waals surface area (Å²) in [6.45, 7) is 0. The van der Waals surface area contributed by atoms with Gasteiger partial charge in [0, 0.05) is 39.8 Å². The molecule has 0 radical (unpaired) electrons. The topological polar surface area (TPSA) is 54.9 Å². The Balaban J connectivity index is 1.10. The number of rotatable bonds is 11. The molecule has 7 aromatic carbocycles. The molecule has 5 heteroatoms. The molecule has 1 aromatic heterocycles. The third-order valence-corrected chi connectivity index (χ3v) is 11.3. The Morgan fingerprint density at radius 3 is 1.69 bits per heavy atom. The molecule has 262 valence electrons. The molecule has 1 unspecified atom stereocenters. The van der Waals surface area contributed by atoms with Crippen molar-refractivity contribution in [2.45, 2.75) is 16.8 Å². The van der Waals surface area contributed by atoms with E-state index in [1.807, 2.05) is 43.4 Å². The number of halogens is 1. The Bertz CT molecular complexity index is 2490. The summed E-state index contributed by atoms with van der Waals surface area (Å²) < 4.78 is 0.258. The lowest BCUT2D eigenvalue weighted by molar-refractivity contribution is -0.107. The molecule has 0 aliphatic rings. The van der Waals surface area contributed by atoms with Gasteiger partial charge in [0.05, 0.1) is 11.4 Å². The van der Waals surface area contributed by atoms with Crippen LogP contribution in [-0.2, 0) is 4.79 Å². The number of hydrogen-bond acceptors (Lipinski definition) is 4. The number of nitrogens with zero attached hydrogens (tertiary/aromatic N) is 2. The maximum Gasteiger partial charge on any atom is 0.160 e. The fourth-order valence-corrected chi connectivity index (χ4v) is 8.00. The molecule has 1 atom stereocenters. The van der Waals surface area contributed by atoms with Crippen LogP contribution in [0.25, 0.3) is 78.1 Å². The maximum absolute atomic E-state index is 11.0. The smallest absolute Gasteiger partial charge is 0.160 e. The van der Waals surface area contributed by atoms with E-state index in [0.29, 0.717) is 12.2 Å². The van der Waals surface area contributed by atoms with Gasteiger partial charge < -0.3 is 10.1 Å². The highest BCUT2D eigenvalue weighted by atomic mass is 127. The maximum atomic E-state index is 11.0. The third-order valence-electron chi connectivity index (χ3n) is 9.97. The minimum atomic E-state index is 0.258. The summed E-state index contributed by atoms with van der Waals surface area (Å²) in [4.78, 5) is 21.1. The number of hydrogen-bond donors (Lipinski definition) is 1. The summed E-state index contributed by atoms with van der Waals surface area (Å²) in [7, 11) is 1.95. The Labute approximate surface area is 330 Å². The largest absolute Gasteiger partial charge is 0.388 e. The van der Waals surface area contributed by atoms with Crippen molar-refractivity contribution in [2.75, 3.05) is 12.4 Å². The zero-order chi connectivity index (χ0) is 36.9. The van der Waals surface area contributed by atoms with Gasteiger partial charge in [-0.25, -0.2) is 9.97 Å². The molecular weight excluding hydrogens is 773 g/mol. The van der Waals surface area contributed by atoms with Crippen LogP contribution in [0.1, 0.15) is 22.3 Å². The first-order chi connectivity index (χ1) is 26.6. The lowest BCUT2D eigenvalue weighted by Crippen LogP contribution is -1.99. The Kier molecular flexibility index (Phi) is 10.4. The molecule has 1 N–H and O–H groups in total. The summed E-state index contributed by atoms with van der Waals surface area (Å²) in [6.07, 6.45) is 2.39. The first kappa shape index (κ1) is 35.1. The second-order valence-corrected chi connectivity index (χ2v) is 14.8. The fraction of sp³-hybridized carbons (Fsp3) is 0.0816. The summed E-state index contributed by atoms with van der Waals surface area (Å²) in [5.41, 5.74) is 14.3. The monoisotopic (exact) mass is 811 g/mol. The molecule has 0 aliphatic carbocycles. The number of benzene rings is 7. The first-order valence-corrected chi connectivity index (χ1v) is 19.5. The molecule has 0 bridgehead atoms. The highest BCUT2D eigenvalue weighted by Gasteiger charge is 2.16. The Morgan fingerprint density at radius 1 is 0.537 bits per heavy atom. The number of carbonyl (C=O) groups is 1. The van der Waals surface area contributed by atoms with Crippen LogP contribution in [0.5, 0.6) is 0 Å². The van der Waals surface area contributed by atoms with E-state index in [-0.39, 0.29) is 3.92 Å². The standard InChI is InChI=1S/C49H38IN3O/c1-51-46-29-26-39(31-44(46)45(50)17-10-30-54)35-20-18-33(19-21-35)34-22-24-36(25-23-34)40-27-28-43(42-16-9-8-15-41(40)42)48-32-47(37-11-4-2-5-12-37)52-49(53-48)38-13-6-3-7-14-38/h2-9,11-16,18-32,45,51H,10,17H2,1H3. The van der Waals surface area contributed by atoms with Gasteiger partial charge in [-0.2, -0.15) is 0 Å².